The second-order valence-corrected chi connectivity index (χ2v) is 6.21. The predicted molar refractivity (Wildman–Crippen MR) is 99.4 cm³/mol. The summed E-state index contributed by atoms with van der Waals surface area (Å²) in [4.78, 5) is 39.0. The Morgan fingerprint density at radius 2 is 1.89 bits per heavy atom. The van der Waals surface area contributed by atoms with Crippen molar-refractivity contribution in [3.8, 4) is 5.82 Å². The first kappa shape index (κ1) is 19.0. The van der Waals surface area contributed by atoms with Crippen LogP contribution in [-0.2, 0) is 9.59 Å². The molecule has 0 saturated carbocycles. The summed E-state index contributed by atoms with van der Waals surface area (Å²) in [6.07, 6.45) is 0.754. The summed E-state index contributed by atoms with van der Waals surface area (Å²) < 4.78 is 1.49. The lowest BCUT2D eigenvalue weighted by Crippen LogP contribution is -2.41. The molecule has 0 aliphatic carbocycles. The fourth-order valence-electron chi connectivity index (χ4n) is 2.80. The van der Waals surface area contributed by atoms with Gasteiger partial charge in [0.05, 0.1) is 23.0 Å². The first-order valence-electron chi connectivity index (χ1n) is 8.53. The number of pyridine rings is 1. The van der Waals surface area contributed by atoms with Crippen LogP contribution in [0.15, 0.2) is 42.6 Å². The molecule has 1 unspecified atom stereocenters. The van der Waals surface area contributed by atoms with E-state index >= 15 is 0 Å². The number of nitrogens with one attached hydrogen (secondary N) is 1. The van der Waals surface area contributed by atoms with E-state index in [2.05, 4.69) is 15.4 Å². The first-order valence-corrected chi connectivity index (χ1v) is 8.53. The Morgan fingerprint density at radius 3 is 2.61 bits per heavy atom. The van der Waals surface area contributed by atoms with E-state index in [-0.39, 0.29) is 18.4 Å². The van der Waals surface area contributed by atoms with E-state index in [1.54, 1.807) is 13.0 Å². The number of hydrogen-bond donors (Lipinski definition) is 3. The second kappa shape index (κ2) is 7.87. The maximum absolute atomic E-state index is 12.5. The van der Waals surface area contributed by atoms with Crippen LogP contribution in [0.3, 0.4) is 0 Å². The average molecular weight is 382 g/mol. The Kier molecular flexibility index (Phi) is 5.35. The molecule has 3 rings (SSSR count). The Labute approximate surface area is 159 Å². The van der Waals surface area contributed by atoms with Crippen molar-refractivity contribution in [3.05, 3.63) is 53.9 Å². The van der Waals surface area contributed by atoms with Crippen LogP contribution in [0.4, 0.5) is 0 Å². The molecule has 3 N–H and O–H groups in total. The number of aromatic nitrogens is 3. The van der Waals surface area contributed by atoms with Gasteiger partial charge in [0.15, 0.2) is 5.82 Å². The smallest absolute Gasteiger partial charge is 0.326 e. The SMILES string of the molecule is Cc1c(C(=O)NC(CCC(=O)O)C(=O)O)cnn1-c1ccc2ccccc2n1. The number of carboxylic acid groups (broad SMARTS) is 2. The van der Waals surface area contributed by atoms with Crippen LogP contribution in [-0.4, -0.2) is 48.9 Å². The number of carboxylic acids is 2. The van der Waals surface area contributed by atoms with Gasteiger partial charge in [0.25, 0.3) is 5.91 Å². The number of carbonyl (C=O) groups excluding carboxylic acids is 1. The molecular formula is C19H18N4O5. The average Bonchev–Trinajstić information content (AvgIpc) is 3.05. The van der Waals surface area contributed by atoms with Gasteiger partial charge in [0.2, 0.25) is 0 Å². The Bertz CT molecular complexity index is 1060. The molecule has 0 spiro atoms. The van der Waals surface area contributed by atoms with Crippen molar-refractivity contribution >= 4 is 28.7 Å². The van der Waals surface area contributed by atoms with E-state index in [0.717, 1.165) is 10.9 Å². The lowest BCUT2D eigenvalue weighted by atomic mass is 10.1. The third-order valence-corrected chi connectivity index (χ3v) is 4.31. The van der Waals surface area contributed by atoms with Gasteiger partial charge in [0, 0.05) is 11.8 Å². The third-order valence-electron chi connectivity index (χ3n) is 4.31. The summed E-state index contributed by atoms with van der Waals surface area (Å²) in [7, 11) is 0. The van der Waals surface area contributed by atoms with Crippen molar-refractivity contribution in [2.75, 3.05) is 0 Å². The molecule has 0 aliphatic rings. The summed E-state index contributed by atoms with van der Waals surface area (Å²) in [5, 5.41) is 25.4. The van der Waals surface area contributed by atoms with Gasteiger partial charge in [-0.3, -0.25) is 9.59 Å². The largest absolute Gasteiger partial charge is 0.481 e. The summed E-state index contributed by atoms with van der Waals surface area (Å²) in [5.41, 5.74) is 1.46. The lowest BCUT2D eigenvalue weighted by Gasteiger charge is -2.13. The predicted octanol–water partition coefficient (Wildman–Crippen LogP) is 1.78. The highest BCUT2D eigenvalue weighted by atomic mass is 16.4. The standard InChI is InChI=1S/C19H18N4O5/c1-11-13(18(26)22-15(19(27)28)7-9-17(24)25)10-20-23(11)16-8-6-12-4-2-3-5-14(12)21-16/h2-6,8,10,15H,7,9H2,1H3,(H,22,26)(H,24,25)(H,27,28). The minimum atomic E-state index is -1.30. The summed E-state index contributed by atoms with van der Waals surface area (Å²) >= 11 is 0. The Balaban J connectivity index is 1.83. The fourth-order valence-corrected chi connectivity index (χ4v) is 2.80. The zero-order valence-electron chi connectivity index (χ0n) is 15.0. The molecule has 0 aliphatic heterocycles. The zero-order valence-corrected chi connectivity index (χ0v) is 15.0. The van der Waals surface area contributed by atoms with E-state index < -0.39 is 23.9 Å². The highest BCUT2D eigenvalue weighted by Crippen LogP contribution is 2.17. The van der Waals surface area contributed by atoms with Crippen LogP contribution in [0.1, 0.15) is 28.9 Å². The van der Waals surface area contributed by atoms with E-state index in [0.29, 0.717) is 11.5 Å². The molecule has 1 amide bonds. The number of hydrogen-bond acceptors (Lipinski definition) is 5. The summed E-state index contributed by atoms with van der Waals surface area (Å²) in [6, 6.07) is 9.95. The minimum Gasteiger partial charge on any atom is -0.481 e. The van der Waals surface area contributed by atoms with Gasteiger partial charge in [-0.15, -0.1) is 0 Å². The van der Waals surface area contributed by atoms with Crippen molar-refractivity contribution in [2.45, 2.75) is 25.8 Å². The maximum atomic E-state index is 12.5. The number of fused-ring (bicyclic) bond motifs is 1. The molecule has 0 radical (unpaired) electrons. The monoisotopic (exact) mass is 382 g/mol. The normalized spacial score (nSPS) is 11.9. The molecule has 144 valence electrons. The minimum absolute atomic E-state index is 0.191. The zero-order chi connectivity index (χ0) is 20.3. The molecule has 1 atom stereocenters. The molecular weight excluding hydrogens is 364 g/mol. The molecule has 2 heterocycles. The third kappa shape index (κ3) is 3.98. The molecule has 2 aromatic heterocycles. The van der Waals surface area contributed by atoms with Crippen LogP contribution >= 0.6 is 0 Å². The van der Waals surface area contributed by atoms with Crippen molar-refractivity contribution < 1.29 is 24.6 Å². The second-order valence-electron chi connectivity index (χ2n) is 6.21. The molecule has 9 nitrogen and oxygen atoms in total. The molecule has 28 heavy (non-hydrogen) atoms. The summed E-state index contributed by atoms with van der Waals surface area (Å²) in [5.74, 6) is -2.54. The molecule has 9 heteroatoms. The quantitative estimate of drug-likeness (QED) is 0.567. The molecule has 1 aromatic carbocycles. The van der Waals surface area contributed by atoms with Gasteiger partial charge < -0.3 is 15.5 Å². The van der Waals surface area contributed by atoms with Gasteiger partial charge in [0.1, 0.15) is 6.04 Å². The van der Waals surface area contributed by atoms with Crippen LogP contribution < -0.4 is 5.32 Å². The van der Waals surface area contributed by atoms with Gasteiger partial charge in [-0.2, -0.15) is 5.10 Å². The highest BCUT2D eigenvalue weighted by molar-refractivity contribution is 5.97. The number of rotatable bonds is 7. The van der Waals surface area contributed by atoms with E-state index in [1.807, 2.05) is 30.3 Å². The number of nitrogens with zero attached hydrogens (tertiary/aromatic N) is 3. The van der Waals surface area contributed by atoms with E-state index in [9.17, 15) is 19.5 Å². The number of aliphatic carboxylic acids is 2. The Hall–Kier alpha value is -3.75. The van der Waals surface area contributed by atoms with Crippen LogP contribution in [0.25, 0.3) is 16.7 Å². The van der Waals surface area contributed by atoms with Crippen molar-refractivity contribution in [3.63, 3.8) is 0 Å². The lowest BCUT2D eigenvalue weighted by molar-refractivity contribution is -0.140. The topological polar surface area (TPSA) is 134 Å². The molecule has 0 bridgehead atoms. The Morgan fingerprint density at radius 1 is 1.14 bits per heavy atom. The van der Waals surface area contributed by atoms with Gasteiger partial charge in [-0.1, -0.05) is 18.2 Å². The van der Waals surface area contributed by atoms with Crippen molar-refractivity contribution in [1.82, 2.24) is 20.1 Å². The van der Waals surface area contributed by atoms with Crippen molar-refractivity contribution in [2.24, 2.45) is 0 Å². The number of para-hydroxylation sites is 1. The first-order chi connectivity index (χ1) is 13.4. The van der Waals surface area contributed by atoms with Gasteiger partial charge in [-0.25, -0.2) is 14.5 Å². The molecule has 0 fully saturated rings. The highest BCUT2D eigenvalue weighted by Gasteiger charge is 2.24. The molecule has 3 aromatic rings. The van der Waals surface area contributed by atoms with Crippen LogP contribution in [0.2, 0.25) is 0 Å². The van der Waals surface area contributed by atoms with Gasteiger partial charge >= 0.3 is 11.9 Å². The van der Waals surface area contributed by atoms with Crippen LogP contribution in [0, 0.1) is 6.92 Å². The van der Waals surface area contributed by atoms with Crippen LogP contribution in [0.5, 0.6) is 0 Å². The number of carbonyl (C=O) groups is 3. The maximum Gasteiger partial charge on any atom is 0.326 e. The van der Waals surface area contributed by atoms with Gasteiger partial charge in [-0.05, 0) is 31.5 Å². The number of benzene rings is 1. The van der Waals surface area contributed by atoms with E-state index in [1.165, 1.54) is 10.9 Å². The van der Waals surface area contributed by atoms with Crippen molar-refractivity contribution in [1.29, 1.82) is 0 Å². The molecule has 0 saturated heterocycles. The summed E-state index contributed by atoms with van der Waals surface area (Å²) in [6.45, 7) is 1.67. The van der Waals surface area contributed by atoms with E-state index in [4.69, 9.17) is 5.11 Å². The number of amides is 1. The fraction of sp³-hybridized carbons (Fsp3) is 0.211.